The summed E-state index contributed by atoms with van der Waals surface area (Å²) in [6, 6.07) is 11.1. The first-order valence-corrected chi connectivity index (χ1v) is 8.92. The molecule has 0 saturated carbocycles. The zero-order valence-corrected chi connectivity index (χ0v) is 15.7. The first-order chi connectivity index (χ1) is 13.3. The van der Waals surface area contributed by atoms with Crippen molar-refractivity contribution >= 4 is 29.2 Å². The van der Waals surface area contributed by atoms with Gasteiger partial charge in [0.1, 0.15) is 5.82 Å². The van der Waals surface area contributed by atoms with Gasteiger partial charge in [0.05, 0.1) is 5.92 Å². The monoisotopic (exact) mass is 384 g/mol. The number of ether oxygens (including phenoxy) is 1. The second-order valence-electron chi connectivity index (χ2n) is 6.91. The minimum atomic E-state index is -0.619. The van der Waals surface area contributed by atoms with Crippen LogP contribution in [-0.2, 0) is 19.1 Å². The summed E-state index contributed by atoms with van der Waals surface area (Å²) >= 11 is 0. The number of anilines is 2. The molecule has 1 heterocycles. The molecule has 6 nitrogen and oxygen atoms in total. The van der Waals surface area contributed by atoms with Crippen LogP contribution in [0, 0.1) is 25.6 Å². The van der Waals surface area contributed by atoms with E-state index >= 15 is 0 Å². The van der Waals surface area contributed by atoms with Crippen LogP contribution in [0.1, 0.15) is 17.5 Å². The lowest BCUT2D eigenvalue weighted by Gasteiger charge is -2.18. The maximum absolute atomic E-state index is 12.9. The lowest BCUT2D eigenvalue weighted by atomic mass is 10.1. The van der Waals surface area contributed by atoms with Crippen molar-refractivity contribution in [3.63, 3.8) is 0 Å². The summed E-state index contributed by atoms with van der Waals surface area (Å²) in [5.41, 5.74) is 3.23. The van der Waals surface area contributed by atoms with Gasteiger partial charge in [0.25, 0.3) is 5.91 Å². The Bertz CT molecular complexity index is 891. The number of amides is 2. The normalized spacial score (nSPS) is 16.2. The molecule has 3 rings (SSSR count). The number of esters is 1. The van der Waals surface area contributed by atoms with E-state index in [1.54, 1.807) is 4.90 Å². The van der Waals surface area contributed by atoms with Gasteiger partial charge in [-0.15, -0.1) is 0 Å². The molecule has 1 aliphatic heterocycles. The Balaban J connectivity index is 1.54. The number of halogens is 1. The highest BCUT2D eigenvalue weighted by Crippen LogP contribution is 2.27. The standard InChI is InChI=1S/C21H21FN2O4/c1-13-7-14(2)9-18(8-13)24-11-15(10-20(24)26)21(27)28-12-19(25)23-17-5-3-16(22)4-6-17/h3-9,15H,10-12H2,1-2H3,(H,23,25). The van der Waals surface area contributed by atoms with Crippen molar-refractivity contribution in [3.8, 4) is 0 Å². The van der Waals surface area contributed by atoms with Gasteiger partial charge in [-0.1, -0.05) is 6.07 Å². The van der Waals surface area contributed by atoms with Crippen LogP contribution in [0.15, 0.2) is 42.5 Å². The summed E-state index contributed by atoms with van der Waals surface area (Å²) in [7, 11) is 0. The van der Waals surface area contributed by atoms with E-state index in [1.807, 2.05) is 32.0 Å². The molecule has 1 atom stereocenters. The fourth-order valence-corrected chi connectivity index (χ4v) is 3.21. The molecule has 1 aliphatic rings. The third kappa shape index (κ3) is 4.73. The van der Waals surface area contributed by atoms with E-state index in [-0.39, 0.29) is 18.9 Å². The van der Waals surface area contributed by atoms with Gasteiger partial charge in [-0.05, 0) is 61.4 Å². The SMILES string of the molecule is Cc1cc(C)cc(N2CC(C(=O)OCC(=O)Nc3ccc(F)cc3)CC2=O)c1. The van der Waals surface area contributed by atoms with Crippen molar-refractivity contribution in [2.24, 2.45) is 5.92 Å². The minimum absolute atomic E-state index is 0.0470. The Labute approximate surface area is 162 Å². The topological polar surface area (TPSA) is 75.7 Å². The maximum atomic E-state index is 12.9. The van der Waals surface area contributed by atoms with Crippen LogP contribution in [0.4, 0.5) is 15.8 Å². The van der Waals surface area contributed by atoms with E-state index in [2.05, 4.69) is 5.32 Å². The molecule has 0 aliphatic carbocycles. The van der Waals surface area contributed by atoms with Crippen LogP contribution in [0.5, 0.6) is 0 Å². The first-order valence-electron chi connectivity index (χ1n) is 8.92. The van der Waals surface area contributed by atoms with Gasteiger partial charge in [0, 0.05) is 24.3 Å². The van der Waals surface area contributed by atoms with E-state index < -0.39 is 30.2 Å². The number of carbonyl (C=O) groups excluding carboxylic acids is 3. The second-order valence-corrected chi connectivity index (χ2v) is 6.91. The number of nitrogens with zero attached hydrogens (tertiary/aromatic N) is 1. The molecule has 2 amide bonds. The number of rotatable bonds is 5. The molecular formula is C21H21FN2O4. The Kier molecular flexibility index (Phi) is 5.73. The molecule has 2 aromatic carbocycles. The van der Waals surface area contributed by atoms with E-state index in [0.717, 1.165) is 16.8 Å². The van der Waals surface area contributed by atoms with Gasteiger partial charge in [-0.25, -0.2) is 4.39 Å². The van der Waals surface area contributed by atoms with Crippen molar-refractivity contribution in [1.29, 1.82) is 0 Å². The van der Waals surface area contributed by atoms with Crippen LogP contribution >= 0.6 is 0 Å². The van der Waals surface area contributed by atoms with Crippen molar-refractivity contribution in [2.75, 3.05) is 23.4 Å². The lowest BCUT2D eigenvalue weighted by molar-refractivity contribution is -0.151. The zero-order valence-electron chi connectivity index (χ0n) is 15.7. The van der Waals surface area contributed by atoms with Crippen LogP contribution in [-0.4, -0.2) is 30.9 Å². The fourth-order valence-electron chi connectivity index (χ4n) is 3.21. The Hall–Kier alpha value is -3.22. The first kappa shape index (κ1) is 19.5. The summed E-state index contributed by atoms with van der Waals surface area (Å²) in [5.74, 6) is -2.30. The van der Waals surface area contributed by atoms with Gasteiger partial charge in [-0.3, -0.25) is 14.4 Å². The molecule has 1 N–H and O–H groups in total. The van der Waals surface area contributed by atoms with Crippen LogP contribution < -0.4 is 10.2 Å². The van der Waals surface area contributed by atoms with Crippen molar-refractivity contribution in [2.45, 2.75) is 20.3 Å². The van der Waals surface area contributed by atoms with Gasteiger partial charge in [0.15, 0.2) is 6.61 Å². The van der Waals surface area contributed by atoms with Gasteiger partial charge >= 0.3 is 5.97 Å². The third-order valence-corrected chi connectivity index (χ3v) is 4.45. The average Bonchev–Trinajstić information content (AvgIpc) is 3.03. The number of hydrogen-bond donors (Lipinski definition) is 1. The van der Waals surface area contributed by atoms with Gasteiger partial charge in [0.2, 0.25) is 5.91 Å². The number of carbonyl (C=O) groups is 3. The molecule has 1 fully saturated rings. The third-order valence-electron chi connectivity index (χ3n) is 4.45. The molecule has 1 unspecified atom stereocenters. The highest BCUT2D eigenvalue weighted by atomic mass is 19.1. The average molecular weight is 384 g/mol. The molecule has 28 heavy (non-hydrogen) atoms. The van der Waals surface area contributed by atoms with E-state index in [4.69, 9.17) is 4.74 Å². The number of aryl methyl sites for hydroxylation is 2. The van der Waals surface area contributed by atoms with Crippen LogP contribution in [0.2, 0.25) is 0 Å². The smallest absolute Gasteiger partial charge is 0.311 e. The summed E-state index contributed by atoms with van der Waals surface area (Å²) in [6.07, 6.45) is 0.0470. The maximum Gasteiger partial charge on any atom is 0.311 e. The zero-order chi connectivity index (χ0) is 20.3. The summed E-state index contributed by atoms with van der Waals surface area (Å²) in [4.78, 5) is 38.1. The predicted octanol–water partition coefficient (Wildman–Crippen LogP) is 2.98. The Morgan fingerprint density at radius 1 is 1.14 bits per heavy atom. The van der Waals surface area contributed by atoms with Crippen molar-refractivity contribution < 1.29 is 23.5 Å². The Morgan fingerprint density at radius 2 is 1.79 bits per heavy atom. The molecule has 1 saturated heterocycles. The quantitative estimate of drug-likeness (QED) is 0.804. The van der Waals surface area contributed by atoms with Crippen LogP contribution in [0.3, 0.4) is 0 Å². The number of benzene rings is 2. The molecule has 146 valence electrons. The molecule has 2 aromatic rings. The molecular weight excluding hydrogens is 363 g/mol. The highest BCUT2D eigenvalue weighted by molar-refractivity contribution is 6.00. The largest absolute Gasteiger partial charge is 0.455 e. The lowest BCUT2D eigenvalue weighted by Crippen LogP contribution is -2.28. The predicted molar refractivity (Wildman–Crippen MR) is 102 cm³/mol. The van der Waals surface area contributed by atoms with Crippen molar-refractivity contribution in [1.82, 2.24) is 0 Å². The molecule has 0 spiro atoms. The second kappa shape index (κ2) is 8.21. The Morgan fingerprint density at radius 3 is 2.43 bits per heavy atom. The van der Waals surface area contributed by atoms with E-state index in [1.165, 1.54) is 24.3 Å². The highest BCUT2D eigenvalue weighted by Gasteiger charge is 2.36. The molecule has 0 radical (unpaired) electrons. The summed E-state index contributed by atoms with van der Waals surface area (Å²) < 4.78 is 17.9. The molecule has 0 aromatic heterocycles. The number of nitrogens with one attached hydrogen (secondary N) is 1. The molecule has 7 heteroatoms. The minimum Gasteiger partial charge on any atom is -0.455 e. The fraction of sp³-hybridized carbons (Fsp3) is 0.286. The van der Waals surface area contributed by atoms with Gasteiger partial charge < -0.3 is 15.0 Å². The van der Waals surface area contributed by atoms with Crippen molar-refractivity contribution in [3.05, 3.63) is 59.4 Å². The van der Waals surface area contributed by atoms with Gasteiger partial charge in [-0.2, -0.15) is 0 Å². The number of hydrogen-bond acceptors (Lipinski definition) is 4. The van der Waals surface area contributed by atoms with E-state index in [9.17, 15) is 18.8 Å². The van der Waals surface area contributed by atoms with E-state index in [0.29, 0.717) is 5.69 Å². The summed E-state index contributed by atoms with van der Waals surface area (Å²) in [6.45, 7) is 3.65. The molecule has 0 bridgehead atoms. The van der Waals surface area contributed by atoms with Crippen LogP contribution in [0.25, 0.3) is 0 Å². The summed E-state index contributed by atoms with van der Waals surface area (Å²) in [5, 5.41) is 2.51.